The number of nitrogens with zero attached hydrogens (tertiary/aromatic N) is 1. The molecule has 2 fully saturated rings. The summed E-state index contributed by atoms with van der Waals surface area (Å²) in [6.45, 7) is 4.46. The maximum atomic E-state index is 12.9. The lowest BCUT2D eigenvalue weighted by Gasteiger charge is -2.35. The van der Waals surface area contributed by atoms with Crippen LogP contribution in [0.15, 0.2) is 30.3 Å². The highest BCUT2D eigenvalue weighted by Gasteiger charge is 2.30. The molecular weight excluding hydrogens is 362 g/mol. The van der Waals surface area contributed by atoms with Crippen molar-refractivity contribution in [3.8, 4) is 0 Å². The molecule has 27 heavy (non-hydrogen) atoms. The minimum Gasteiger partial charge on any atom is -0.352 e. The molecule has 0 aliphatic carbocycles. The average molecular weight is 394 g/mol. The highest BCUT2D eigenvalue weighted by Crippen LogP contribution is 2.24. The maximum absolute atomic E-state index is 12.9. The van der Waals surface area contributed by atoms with Gasteiger partial charge in [-0.3, -0.25) is 9.59 Å². The Balaban J connectivity index is 0.00000261. The first-order valence-corrected chi connectivity index (χ1v) is 10.1. The zero-order valence-electron chi connectivity index (χ0n) is 16.2. The standard InChI is InChI=1S/C21H31N3O2.ClH/c1-2-18(16-8-4-3-5-9-16)21(26)24-14-11-17(12-15-24)23-20(25)19-10-6-7-13-22-19;/h3-5,8-9,17-19,22H,2,6-7,10-15H2,1H3,(H,23,25);1H. The van der Waals surface area contributed by atoms with Gasteiger partial charge in [0, 0.05) is 19.1 Å². The third-order valence-corrected chi connectivity index (χ3v) is 5.69. The largest absolute Gasteiger partial charge is 0.352 e. The monoisotopic (exact) mass is 393 g/mol. The zero-order valence-corrected chi connectivity index (χ0v) is 17.0. The zero-order chi connectivity index (χ0) is 18.4. The second-order valence-corrected chi connectivity index (χ2v) is 7.48. The number of rotatable bonds is 5. The van der Waals surface area contributed by atoms with Gasteiger partial charge in [0.2, 0.25) is 11.8 Å². The van der Waals surface area contributed by atoms with Gasteiger partial charge in [0.25, 0.3) is 0 Å². The van der Waals surface area contributed by atoms with E-state index in [-0.39, 0.29) is 42.2 Å². The van der Waals surface area contributed by atoms with Crippen molar-refractivity contribution in [2.75, 3.05) is 19.6 Å². The van der Waals surface area contributed by atoms with Crippen molar-refractivity contribution >= 4 is 24.2 Å². The molecule has 2 aliphatic heterocycles. The highest BCUT2D eigenvalue weighted by molar-refractivity contribution is 5.85. The Morgan fingerprint density at radius 1 is 1.15 bits per heavy atom. The minimum atomic E-state index is -0.0613. The van der Waals surface area contributed by atoms with Gasteiger partial charge < -0.3 is 15.5 Å². The van der Waals surface area contributed by atoms with Crippen molar-refractivity contribution in [2.24, 2.45) is 0 Å². The molecule has 3 rings (SSSR count). The van der Waals surface area contributed by atoms with E-state index in [9.17, 15) is 9.59 Å². The summed E-state index contributed by atoms with van der Waals surface area (Å²) in [4.78, 5) is 27.3. The summed E-state index contributed by atoms with van der Waals surface area (Å²) in [5, 5.41) is 6.48. The summed E-state index contributed by atoms with van der Waals surface area (Å²) in [5.41, 5.74) is 1.10. The van der Waals surface area contributed by atoms with Gasteiger partial charge in [0.05, 0.1) is 12.0 Å². The van der Waals surface area contributed by atoms with Crippen molar-refractivity contribution in [1.29, 1.82) is 0 Å². The van der Waals surface area contributed by atoms with Gasteiger partial charge in [0.15, 0.2) is 0 Å². The van der Waals surface area contributed by atoms with Gasteiger partial charge in [0.1, 0.15) is 0 Å². The van der Waals surface area contributed by atoms with Crippen LogP contribution in [0.1, 0.15) is 56.9 Å². The number of likely N-dealkylation sites (tertiary alicyclic amines) is 1. The molecule has 2 N–H and O–H groups in total. The molecule has 1 aromatic rings. The van der Waals surface area contributed by atoms with Crippen LogP contribution >= 0.6 is 12.4 Å². The molecule has 2 aliphatic rings. The number of amides is 2. The second-order valence-electron chi connectivity index (χ2n) is 7.48. The fourth-order valence-corrected chi connectivity index (χ4v) is 4.08. The Bertz CT molecular complexity index is 597. The van der Waals surface area contributed by atoms with E-state index in [1.54, 1.807) is 0 Å². The van der Waals surface area contributed by atoms with Crippen molar-refractivity contribution in [3.63, 3.8) is 0 Å². The van der Waals surface area contributed by atoms with Crippen LogP contribution in [0.2, 0.25) is 0 Å². The fraction of sp³-hybridized carbons (Fsp3) is 0.619. The van der Waals surface area contributed by atoms with Gasteiger partial charge in [-0.25, -0.2) is 0 Å². The summed E-state index contributed by atoms with van der Waals surface area (Å²) in [5.74, 6) is 0.288. The lowest BCUT2D eigenvalue weighted by Crippen LogP contribution is -2.53. The molecule has 150 valence electrons. The summed E-state index contributed by atoms with van der Waals surface area (Å²) in [6, 6.07) is 10.2. The number of hydrogen-bond donors (Lipinski definition) is 2. The van der Waals surface area contributed by atoms with Crippen LogP contribution in [0.5, 0.6) is 0 Å². The van der Waals surface area contributed by atoms with Crippen LogP contribution in [0.25, 0.3) is 0 Å². The summed E-state index contributed by atoms with van der Waals surface area (Å²) < 4.78 is 0. The van der Waals surface area contributed by atoms with E-state index >= 15 is 0 Å². The molecule has 2 amide bonds. The van der Waals surface area contributed by atoms with Gasteiger partial charge in [-0.2, -0.15) is 0 Å². The molecule has 0 saturated carbocycles. The van der Waals surface area contributed by atoms with Crippen LogP contribution in [0.3, 0.4) is 0 Å². The number of halogens is 1. The molecule has 0 bridgehead atoms. The first-order valence-electron chi connectivity index (χ1n) is 10.1. The van der Waals surface area contributed by atoms with Crippen molar-refractivity contribution in [1.82, 2.24) is 15.5 Å². The quantitative estimate of drug-likeness (QED) is 0.808. The Morgan fingerprint density at radius 3 is 2.44 bits per heavy atom. The first kappa shape index (κ1) is 21.7. The average Bonchev–Trinajstić information content (AvgIpc) is 2.70. The van der Waals surface area contributed by atoms with E-state index in [4.69, 9.17) is 0 Å². The van der Waals surface area contributed by atoms with E-state index in [0.29, 0.717) is 0 Å². The molecule has 2 heterocycles. The number of carbonyl (C=O) groups excluding carboxylic acids is 2. The molecule has 2 atom stereocenters. The Hall–Kier alpha value is -1.59. The van der Waals surface area contributed by atoms with Crippen LogP contribution in [-0.2, 0) is 9.59 Å². The fourth-order valence-electron chi connectivity index (χ4n) is 4.08. The van der Waals surface area contributed by atoms with E-state index in [1.807, 2.05) is 35.2 Å². The van der Waals surface area contributed by atoms with Gasteiger partial charge >= 0.3 is 0 Å². The molecular formula is C21H32ClN3O2. The van der Waals surface area contributed by atoms with Gasteiger partial charge in [-0.15, -0.1) is 12.4 Å². The second kappa shape index (κ2) is 10.7. The predicted octanol–water partition coefficient (Wildman–Crippen LogP) is 2.85. The van der Waals surface area contributed by atoms with Crippen LogP contribution < -0.4 is 10.6 Å². The topological polar surface area (TPSA) is 61.4 Å². The molecule has 1 aromatic carbocycles. The summed E-state index contributed by atoms with van der Waals surface area (Å²) >= 11 is 0. The molecule has 6 heteroatoms. The Labute approximate surface area is 168 Å². The molecule has 2 unspecified atom stereocenters. The number of carbonyl (C=O) groups is 2. The predicted molar refractivity (Wildman–Crippen MR) is 110 cm³/mol. The first-order chi connectivity index (χ1) is 12.7. The highest BCUT2D eigenvalue weighted by atomic mass is 35.5. The van der Waals surface area contributed by atoms with E-state index in [1.165, 1.54) is 0 Å². The SMILES string of the molecule is CCC(C(=O)N1CCC(NC(=O)C2CCCCN2)CC1)c1ccccc1.Cl. The number of hydrogen-bond acceptors (Lipinski definition) is 3. The maximum Gasteiger partial charge on any atom is 0.237 e. The number of piperidine rings is 2. The van der Waals surface area contributed by atoms with Crippen LogP contribution in [0.4, 0.5) is 0 Å². The third-order valence-electron chi connectivity index (χ3n) is 5.69. The van der Waals surface area contributed by atoms with E-state index in [2.05, 4.69) is 17.6 Å². The summed E-state index contributed by atoms with van der Waals surface area (Å²) in [7, 11) is 0. The van der Waals surface area contributed by atoms with Crippen LogP contribution in [0, 0.1) is 0 Å². The van der Waals surface area contributed by atoms with Crippen molar-refractivity contribution in [3.05, 3.63) is 35.9 Å². The smallest absolute Gasteiger partial charge is 0.237 e. The van der Waals surface area contributed by atoms with Gasteiger partial charge in [-0.1, -0.05) is 43.7 Å². The molecule has 0 spiro atoms. The molecule has 2 saturated heterocycles. The van der Waals surface area contributed by atoms with Crippen molar-refractivity contribution in [2.45, 2.75) is 63.5 Å². The molecule has 0 radical (unpaired) electrons. The normalized spacial score (nSPS) is 21.8. The molecule has 5 nitrogen and oxygen atoms in total. The van der Waals surface area contributed by atoms with Gasteiger partial charge in [-0.05, 0) is 44.2 Å². The van der Waals surface area contributed by atoms with E-state index < -0.39 is 0 Å². The lowest BCUT2D eigenvalue weighted by atomic mass is 9.93. The number of nitrogens with one attached hydrogen (secondary N) is 2. The lowest BCUT2D eigenvalue weighted by molar-refractivity contribution is -0.134. The Kier molecular flexibility index (Phi) is 8.58. The number of benzene rings is 1. The van der Waals surface area contributed by atoms with Crippen LogP contribution in [-0.4, -0.2) is 48.4 Å². The Morgan fingerprint density at radius 2 is 1.85 bits per heavy atom. The minimum absolute atomic E-state index is 0. The van der Waals surface area contributed by atoms with E-state index in [0.717, 1.165) is 63.7 Å². The van der Waals surface area contributed by atoms with Crippen molar-refractivity contribution < 1.29 is 9.59 Å². The molecule has 0 aromatic heterocycles. The summed E-state index contributed by atoms with van der Waals surface area (Å²) in [6.07, 6.45) is 5.70. The third kappa shape index (κ3) is 5.69.